The van der Waals surface area contributed by atoms with Crippen LogP contribution in [0.25, 0.3) is 0 Å². The van der Waals surface area contributed by atoms with Crippen molar-refractivity contribution in [1.29, 1.82) is 0 Å². The van der Waals surface area contributed by atoms with Gasteiger partial charge in [-0.2, -0.15) is 0 Å². The first kappa shape index (κ1) is 12.4. The Morgan fingerprint density at radius 1 is 1.22 bits per heavy atom. The highest BCUT2D eigenvalue weighted by molar-refractivity contribution is 5.94. The van der Waals surface area contributed by atoms with Crippen LogP contribution in [0.4, 0.5) is 5.69 Å². The molecule has 4 heteroatoms. The van der Waals surface area contributed by atoms with Crippen LogP contribution >= 0.6 is 0 Å². The van der Waals surface area contributed by atoms with Gasteiger partial charge >= 0.3 is 0 Å². The van der Waals surface area contributed by atoms with Crippen molar-refractivity contribution in [3.05, 3.63) is 54.5 Å². The second kappa shape index (κ2) is 6.02. The Morgan fingerprint density at radius 2 is 2.00 bits per heavy atom. The van der Waals surface area contributed by atoms with E-state index in [0.29, 0.717) is 6.54 Å². The van der Waals surface area contributed by atoms with E-state index in [9.17, 15) is 4.79 Å². The topological polar surface area (TPSA) is 45.5 Å². The third-order valence-electron chi connectivity index (χ3n) is 2.67. The van der Waals surface area contributed by atoms with Gasteiger partial charge in [0.1, 0.15) is 5.76 Å². The van der Waals surface area contributed by atoms with Crippen LogP contribution in [0.1, 0.15) is 5.76 Å². The predicted molar refractivity (Wildman–Crippen MR) is 70.3 cm³/mol. The van der Waals surface area contributed by atoms with Crippen LogP contribution in [0, 0.1) is 0 Å². The Balaban J connectivity index is 1.81. The summed E-state index contributed by atoms with van der Waals surface area (Å²) in [5.41, 5.74) is 0.891. The van der Waals surface area contributed by atoms with Crippen LogP contribution in [0.2, 0.25) is 0 Å². The normalized spacial score (nSPS) is 10.3. The van der Waals surface area contributed by atoms with Crippen molar-refractivity contribution in [3.8, 4) is 0 Å². The monoisotopic (exact) mass is 244 g/mol. The number of hydrogen-bond acceptors (Lipinski definition) is 3. The van der Waals surface area contributed by atoms with Gasteiger partial charge in [0.15, 0.2) is 0 Å². The Hall–Kier alpha value is -2.07. The molecule has 0 saturated heterocycles. The summed E-state index contributed by atoms with van der Waals surface area (Å²) in [4.78, 5) is 13.5. The summed E-state index contributed by atoms with van der Waals surface area (Å²) in [7, 11) is 1.77. The minimum absolute atomic E-state index is 0.0211. The van der Waals surface area contributed by atoms with Crippen LogP contribution in [-0.4, -0.2) is 19.5 Å². The van der Waals surface area contributed by atoms with Crippen LogP contribution < -0.4 is 10.2 Å². The number of para-hydroxylation sites is 1. The van der Waals surface area contributed by atoms with Gasteiger partial charge in [-0.05, 0) is 24.3 Å². The first-order valence-electron chi connectivity index (χ1n) is 5.82. The molecule has 1 amide bonds. The van der Waals surface area contributed by atoms with Crippen LogP contribution in [-0.2, 0) is 11.3 Å². The molecule has 0 fully saturated rings. The zero-order valence-corrected chi connectivity index (χ0v) is 10.3. The number of nitrogens with one attached hydrogen (secondary N) is 1. The second-order valence-corrected chi connectivity index (χ2v) is 3.97. The van der Waals surface area contributed by atoms with Crippen molar-refractivity contribution >= 4 is 11.6 Å². The van der Waals surface area contributed by atoms with Gasteiger partial charge in [-0.3, -0.25) is 4.79 Å². The van der Waals surface area contributed by atoms with Crippen molar-refractivity contribution < 1.29 is 9.21 Å². The number of carbonyl (C=O) groups excluding carboxylic acids is 1. The number of carbonyl (C=O) groups is 1. The molecule has 94 valence electrons. The molecule has 18 heavy (non-hydrogen) atoms. The maximum absolute atomic E-state index is 11.9. The average molecular weight is 244 g/mol. The van der Waals surface area contributed by atoms with Gasteiger partial charge in [0.2, 0.25) is 5.91 Å². The van der Waals surface area contributed by atoms with Gasteiger partial charge in [0.05, 0.1) is 19.4 Å². The summed E-state index contributed by atoms with van der Waals surface area (Å²) in [6.07, 6.45) is 1.62. The van der Waals surface area contributed by atoms with Gasteiger partial charge in [-0.15, -0.1) is 0 Å². The van der Waals surface area contributed by atoms with Gasteiger partial charge < -0.3 is 14.6 Å². The minimum atomic E-state index is 0.0211. The fourth-order valence-corrected chi connectivity index (χ4v) is 1.62. The summed E-state index contributed by atoms with van der Waals surface area (Å²) in [5, 5.41) is 3.05. The first-order valence-corrected chi connectivity index (χ1v) is 5.82. The molecule has 0 radical (unpaired) electrons. The predicted octanol–water partition coefficient (Wildman–Crippen LogP) is 2.03. The smallest absolute Gasteiger partial charge is 0.240 e. The molecule has 0 bridgehead atoms. The lowest BCUT2D eigenvalue weighted by Gasteiger charge is -2.17. The van der Waals surface area contributed by atoms with E-state index in [-0.39, 0.29) is 12.5 Å². The van der Waals surface area contributed by atoms with Gasteiger partial charge in [0, 0.05) is 12.7 Å². The number of likely N-dealkylation sites (N-methyl/N-ethyl adjacent to an activating group) is 1. The Morgan fingerprint density at radius 3 is 2.67 bits per heavy atom. The maximum atomic E-state index is 11.9. The third-order valence-corrected chi connectivity index (χ3v) is 2.67. The zero-order chi connectivity index (χ0) is 12.8. The van der Waals surface area contributed by atoms with Crippen molar-refractivity contribution in [2.75, 3.05) is 18.5 Å². The molecule has 1 aromatic heterocycles. The molecule has 0 unspecified atom stereocenters. The first-order chi connectivity index (χ1) is 8.77. The lowest BCUT2D eigenvalue weighted by Crippen LogP contribution is -2.35. The summed E-state index contributed by atoms with van der Waals surface area (Å²) >= 11 is 0. The Labute approximate surface area is 106 Å². The Bertz CT molecular complexity index is 480. The van der Waals surface area contributed by atoms with Gasteiger partial charge in [-0.1, -0.05) is 18.2 Å². The van der Waals surface area contributed by atoms with Crippen LogP contribution in [0.3, 0.4) is 0 Å². The molecule has 1 heterocycles. The molecular weight excluding hydrogens is 228 g/mol. The molecule has 2 aromatic rings. The highest BCUT2D eigenvalue weighted by Crippen LogP contribution is 2.10. The molecule has 1 N–H and O–H groups in total. The quantitative estimate of drug-likeness (QED) is 0.875. The fraction of sp³-hybridized carbons (Fsp3) is 0.214. The maximum Gasteiger partial charge on any atom is 0.240 e. The number of rotatable bonds is 5. The van der Waals surface area contributed by atoms with E-state index >= 15 is 0 Å². The van der Waals surface area contributed by atoms with E-state index in [1.807, 2.05) is 42.5 Å². The number of amides is 1. The van der Waals surface area contributed by atoms with E-state index in [0.717, 1.165) is 11.4 Å². The lowest BCUT2D eigenvalue weighted by molar-refractivity contribution is -0.117. The van der Waals surface area contributed by atoms with E-state index in [1.165, 1.54) is 0 Å². The van der Waals surface area contributed by atoms with Crippen molar-refractivity contribution in [2.24, 2.45) is 0 Å². The average Bonchev–Trinajstić information content (AvgIpc) is 2.92. The molecular formula is C14H16N2O2. The van der Waals surface area contributed by atoms with Crippen LogP contribution in [0.5, 0.6) is 0 Å². The second-order valence-electron chi connectivity index (χ2n) is 3.97. The minimum Gasteiger partial charge on any atom is -0.468 e. The molecule has 0 atom stereocenters. The van der Waals surface area contributed by atoms with Crippen molar-refractivity contribution in [1.82, 2.24) is 5.32 Å². The fourth-order valence-electron chi connectivity index (χ4n) is 1.62. The number of nitrogens with zero attached hydrogens (tertiary/aromatic N) is 1. The summed E-state index contributed by atoms with van der Waals surface area (Å²) in [5.74, 6) is 0.845. The summed E-state index contributed by atoms with van der Waals surface area (Å²) < 4.78 is 5.17. The summed E-state index contributed by atoms with van der Waals surface area (Å²) in [6, 6.07) is 13.3. The highest BCUT2D eigenvalue weighted by atomic mass is 16.3. The third kappa shape index (κ3) is 3.21. The van der Waals surface area contributed by atoms with E-state index in [1.54, 1.807) is 18.2 Å². The van der Waals surface area contributed by atoms with Crippen LogP contribution in [0.15, 0.2) is 53.1 Å². The van der Waals surface area contributed by atoms with Gasteiger partial charge in [0.25, 0.3) is 0 Å². The molecule has 2 rings (SSSR count). The summed E-state index contributed by atoms with van der Waals surface area (Å²) in [6.45, 7) is 0.841. The molecule has 0 aliphatic heterocycles. The molecule has 0 aliphatic rings. The molecule has 0 spiro atoms. The Kier molecular flexibility index (Phi) is 4.15. The lowest BCUT2D eigenvalue weighted by atomic mass is 10.3. The molecule has 1 aromatic carbocycles. The van der Waals surface area contributed by atoms with Crippen molar-refractivity contribution in [2.45, 2.75) is 6.54 Å². The van der Waals surface area contributed by atoms with Crippen molar-refractivity contribution in [3.63, 3.8) is 0 Å². The molecule has 4 nitrogen and oxygen atoms in total. The number of hydrogen-bond donors (Lipinski definition) is 1. The van der Waals surface area contributed by atoms with E-state index in [4.69, 9.17) is 4.42 Å². The largest absolute Gasteiger partial charge is 0.468 e. The van der Waals surface area contributed by atoms with Gasteiger partial charge in [-0.25, -0.2) is 0 Å². The number of benzene rings is 1. The number of anilines is 1. The molecule has 0 saturated carbocycles. The standard InChI is InChI=1S/C14H16N2O2/c1-16(12-6-3-2-4-7-12)14(17)11-15-10-13-8-5-9-18-13/h2-9,15H,10-11H2,1H3. The number of furan rings is 1. The SMILES string of the molecule is CN(C(=O)CNCc1ccco1)c1ccccc1. The van der Waals surface area contributed by atoms with E-state index < -0.39 is 0 Å². The zero-order valence-electron chi connectivity index (χ0n) is 10.3. The van der Waals surface area contributed by atoms with E-state index in [2.05, 4.69) is 5.32 Å². The highest BCUT2D eigenvalue weighted by Gasteiger charge is 2.09. The molecule has 0 aliphatic carbocycles.